The molecule has 0 aromatic heterocycles. The molecule has 1 amide bonds. The van der Waals surface area contributed by atoms with E-state index in [1.54, 1.807) is 0 Å². The molecule has 1 aromatic rings. The van der Waals surface area contributed by atoms with Crippen LogP contribution in [0.1, 0.15) is 25.7 Å². The standard InChI is InChI=1S/C16H24N2O2/c19-16(9-8-14-5-4-10-17-13-14)18-11-12-20-15-6-2-1-3-7-15/h1-3,6-7,14,17H,4-5,8-13H2,(H,18,19). The lowest BCUT2D eigenvalue weighted by atomic mass is 9.94. The Kier molecular flexibility index (Phi) is 6.38. The minimum absolute atomic E-state index is 0.132. The lowest BCUT2D eigenvalue weighted by Gasteiger charge is -2.22. The van der Waals surface area contributed by atoms with Crippen LogP contribution in [0.4, 0.5) is 0 Å². The number of hydrogen-bond donors (Lipinski definition) is 2. The maximum atomic E-state index is 11.7. The Morgan fingerprint density at radius 3 is 2.95 bits per heavy atom. The summed E-state index contributed by atoms with van der Waals surface area (Å²) in [4.78, 5) is 11.7. The van der Waals surface area contributed by atoms with E-state index < -0.39 is 0 Å². The average Bonchev–Trinajstić information content (AvgIpc) is 2.52. The molecule has 1 aliphatic heterocycles. The normalized spacial score (nSPS) is 18.5. The van der Waals surface area contributed by atoms with Gasteiger partial charge in [0, 0.05) is 6.42 Å². The van der Waals surface area contributed by atoms with Gasteiger partial charge in [0.2, 0.25) is 5.91 Å². The van der Waals surface area contributed by atoms with Gasteiger partial charge in [-0.15, -0.1) is 0 Å². The SMILES string of the molecule is O=C(CCC1CCCNC1)NCCOc1ccccc1. The van der Waals surface area contributed by atoms with Crippen LogP contribution in [0.25, 0.3) is 0 Å². The van der Waals surface area contributed by atoms with E-state index in [1.807, 2.05) is 30.3 Å². The molecule has 4 heteroatoms. The van der Waals surface area contributed by atoms with Gasteiger partial charge in [0.05, 0.1) is 6.54 Å². The van der Waals surface area contributed by atoms with Gasteiger partial charge in [0.25, 0.3) is 0 Å². The number of amides is 1. The molecular weight excluding hydrogens is 252 g/mol. The third-order valence-electron chi connectivity index (χ3n) is 3.61. The van der Waals surface area contributed by atoms with Crippen molar-refractivity contribution in [3.05, 3.63) is 30.3 Å². The molecule has 0 radical (unpaired) electrons. The molecule has 0 spiro atoms. The van der Waals surface area contributed by atoms with E-state index in [4.69, 9.17) is 4.74 Å². The van der Waals surface area contributed by atoms with Crippen molar-refractivity contribution in [1.82, 2.24) is 10.6 Å². The molecule has 0 saturated carbocycles. The Hall–Kier alpha value is -1.55. The zero-order valence-electron chi connectivity index (χ0n) is 11.9. The highest BCUT2D eigenvalue weighted by Gasteiger charge is 2.14. The third kappa shape index (κ3) is 5.61. The van der Waals surface area contributed by atoms with Crippen LogP contribution in [0.3, 0.4) is 0 Å². The summed E-state index contributed by atoms with van der Waals surface area (Å²) in [6.45, 7) is 3.27. The van der Waals surface area contributed by atoms with Gasteiger partial charge in [0.15, 0.2) is 0 Å². The molecular formula is C16H24N2O2. The van der Waals surface area contributed by atoms with Crippen LogP contribution in [-0.4, -0.2) is 32.1 Å². The molecule has 1 atom stereocenters. The van der Waals surface area contributed by atoms with Crippen molar-refractivity contribution in [1.29, 1.82) is 0 Å². The summed E-state index contributed by atoms with van der Waals surface area (Å²) < 4.78 is 5.53. The van der Waals surface area contributed by atoms with Crippen LogP contribution in [0.5, 0.6) is 5.75 Å². The number of benzene rings is 1. The van der Waals surface area contributed by atoms with E-state index in [-0.39, 0.29) is 5.91 Å². The second-order valence-corrected chi connectivity index (χ2v) is 5.26. The molecule has 0 aliphatic carbocycles. The number of carbonyl (C=O) groups excluding carboxylic acids is 1. The Labute approximate surface area is 120 Å². The van der Waals surface area contributed by atoms with E-state index in [9.17, 15) is 4.79 Å². The fourth-order valence-corrected chi connectivity index (χ4v) is 2.47. The molecule has 2 rings (SSSR count). The van der Waals surface area contributed by atoms with Crippen molar-refractivity contribution in [2.75, 3.05) is 26.2 Å². The lowest BCUT2D eigenvalue weighted by molar-refractivity contribution is -0.121. The van der Waals surface area contributed by atoms with Gasteiger partial charge in [-0.2, -0.15) is 0 Å². The zero-order valence-corrected chi connectivity index (χ0v) is 11.9. The van der Waals surface area contributed by atoms with Gasteiger partial charge in [-0.1, -0.05) is 18.2 Å². The largest absolute Gasteiger partial charge is 0.492 e. The van der Waals surface area contributed by atoms with Crippen LogP contribution in [0, 0.1) is 5.92 Å². The van der Waals surface area contributed by atoms with Gasteiger partial charge in [-0.3, -0.25) is 4.79 Å². The molecule has 1 heterocycles. The highest BCUT2D eigenvalue weighted by Crippen LogP contribution is 2.15. The van der Waals surface area contributed by atoms with E-state index in [1.165, 1.54) is 12.8 Å². The number of para-hydroxylation sites is 1. The second-order valence-electron chi connectivity index (χ2n) is 5.26. The quantitative estimate of drug-likeness (QED) is 0.749. The number of ether oxygens (including phenoxy) is 1. The fourth-order valence-electron chi connectivity index (χ4n) is 2.47. The minimum Gasteiger partial charge on any atom is -0.492 e. The van der Waals surface area contributed by atoms with Crippen LogP contribution < -0.4 is 15.4 Å². The fraction of sp³-hybridized carbons (Fsp3) is 0.562. The van der Waals surface area contributed by atoms with Crippen molar-refractivity contribution >= 4 is 5.91 Å². The van der Waals surface area contributed by atoms with Crippen LogP contribution in [-0.2, 0) is 4.79 Å². The van der Waals surface area contributed by atoms with Gasteiger partial charge in [0.1, 0.15) is 12.4 Å². The number of rotatable bonds is 7. The van der Waals surface area contributed by atoms with Crippen molar-refractivity contribution < 1.29 is 9.53 Å². The van der Waals surface area contributed by atoms with Crippen LogP contribution in [0.15, 0.2) is 30.3 Å². The first-order valence-electron chi connectivity index (χ1n) is 7.50. The number of carbonyl (C=O) groups is 1. The molecule has 1 aliphatic rings. The van der Waals surface area contributed by atoms with Crippen molar-refractivity contribution in [3.63, 3.8) is 0 Å². The number of piperidine rings is 1. The minimum atomic E-state index is 0.132. The maximum absolute atomic E-state index is 11.7. The smallest absolute Gasteiger partial charge is 0.220 e. The average molecular weight is 276 g/mol. The third-order valence-corrected chi connectivity index (χ3v) is 3.61. The Morgan fingerprint density at radius 2 is 2.20 bits per heavy atom. The molecule has 1 aromatic carbocycles. The van der Waals surface area contributed by atoms with Gasteiger partial charge in [-0.25, -0.2) is 0 Å². The summed E-state index contributed by atoms with van der Waals surface area (Å²) in [6.07, 6.45) is 4.09. The predicted octanol–water partition coefficient (Wildman–Crippen LogP) is 1.96. The molecule has 1 unspecified atom stereocenters. The summed E-state index contributed by atoms with van der Waals surface area (Å²) in [6, 6.07) is 9.66. The Morgan fingerprint density at radius 1 is 1.35 bits per heavy atom. The Balaban J connectivity index is 1.51. The highest BCUT2D eigenvalue weighted by molar-refractivity contribution is 5.75. The molecule has 1 fully saturated rings. The molecule has 20 heavy (non-hydrogen) atoms. The van der Waals surface area contributed by atoms with Gasteiger partial charge < -0.3 is 15.4 Å². The van der Waals surface area contributed by atoms with Crippen molar-refractivity contribution in [2.24, 2.45) is 5.92 Å². The van der Waals surface area contributed by atoms with Gasteiger partial charge in [-0.05, 0) is 50.4 Å². The summed E-state index contributed by atoms with van der Waals surface area (Å²) in [5, 5.41) is 6.29. The molecule has 1 saturated heterocycles. The zero-order chi connectivity index (χ0) is 14.0. The van der Waals surface area contributed by atoms with E-state index in [0.29, 0.717) is 25.5 Å². The number of nitrogens with one attached hydrogen (secondary N) is 2. The number of hydrogen-bond acceptors (Lipinski definition) is 3. The summed E-state index contributed by atoms with van der Waals surface area (Å²) >= 11 is 0. The Bertz CT molecular complexity index is 389. The summed E-state index contributed by atoms with van der Waals surface area (Å²) in [5.74, 6) is 1.64. The van der Waals surface area contributed by atoms with Crippen molar-refractivity contribution in [2.45, 2.75) is 25.7 Å². The summed E-state index contributed by atoms with van der Waals surface area (Å²) in [7, 11) is 0. The topological polar surface area (TPSA) is 50.4 Å². The van der Waals surface area contributed by atoms with E-state index >= 15 is 0 Å². The molecule has 2 N–H and O–H groups in total. The second kappa shape index (κ2) is 8.59. The molecule has 110 valence electrons. The van der Waals surface area contributed by atoms with E-state index in [2.05, 4.69) is 10.6 Å². The lowest BCUT2D eigenvalue weighted by Crippen LogP contribution is -2.32. The van der Waals surface area contributed by atoms with E-state index in [0.717, 1.165) is 25.3 Å². The van der Waals surface area contributed by atoms with Gasteiger partial charge >= 0.3 is 0 Å². The monoisotopic (exact) mass is 276 g/mol. The highest BCUT2D eigenvalue weighted by atomic mass is 16.5. The predicted molar refractivity (Wildman–Crippen MR) is 79.8 cm³/mol. The first-order chi connectivity index (χ1) is 9.84. The molecule has 4 nitrogen and oxygen atoms in total. The van der Waals surface area contributed by atoms with Crippen LogP contribution >= 0.6 is 0 Å². The van der Waals surface area contributed by atoms with Crippen LogP contribution in [0.2, 0.25) is 0 Å². The first-order valence-corrected chi connectivity index (χ1v) is 7.50. The maximum Gasteiger partial charge on any atom is 0.220 e. The first kappa shape index (κ1) is 14.9. The summed E-state index contributed by atoms with van der Waals surface area (Å²) in [5.41, 5.74) is 0. The van der Waals surface area contributed by atoms with Crippen molar-refractivity contribution in [3.8, 4) is 5.75 Å². The molecule has 0 bridgehead atoms.